The molecule has 0 unspecified atom stereocenters. The van der Waals surface area contributed by atoms with Crippen molar-refractivity contribution in [1.82, 2.24) is 9.72 Å². The third-order valence-corrected chi connectivity index (χ3v) is 6.28. The van der Waals surface area contributed by atoms with E-state index in [4.69, 9.17) is 37.2 Å². The molecule has 0 radical (unpaired) electrons. The molecule has 0 spiro atoms. The highest BCUT2D eigenvalue weighted by molar-refractivity contribution is 6.32. The molecule has 0 aliphatic carbocycles. The lowest BCUT2D eigenvalue weighted by Crippen LogP contribution is -2.37. The van der Waals surface area contributed by atoms with Crippen LogP contribution in [0, 0.1) is 6.92 Å². The van der Waals surface area contributed by atoms with Crippen molar-refractivity contribution >= 4 is 51.0 Å². The second kappa shape index (κ2) is 9.90. The number of hydrogen-bond acceptors (Lipinski definition) is 7. The summed E-state index contributed by atoms with van der Waals surface area (Å²) in [6.07, 6.45) is -6.22. The highest BCUT2D eigenvalue weighted by atomic mass is 35.5. The molecule has 0 aliphatic heterocycles. The Labute approximate surface area is 228 Å². The molecule has 2 aromatic heterocycles. The van der Waals surface area contributed by atoms with Crippen molar-refractivity contribution in [2.24, 2.45) is 0 Å². The number of aromatic nitrogens is 2. The van der Waals surface area contributed by atoms with E-state index in [0.717, 1.165) is 0 Å². The number of rotatable bonds is 7. The van der Waals surface area contributed by atoms with Crippen LogP contribution in [0.25, 0.3) is 27.7 Å². The highest BCUT2D eigenvalue weighted by Gasteiger charge is 2.32. The van der Waals surface area contributed by atoms with E-state index in [1.807, 2.05) is 0 Å². The Balaban J connectivity index is 1.66. The van der Waals surface area contributed by atoms with Crippen LogP contribution in [0.2, 0.25) is 10.0 Å². The summed E-state index contributed by atoms with van der Waals surface area (Å²) in [5.74, 6) is -1.21. The van der Waals surface area contributed by atoms with E-state index >= 15 is 0 Å². The van der Waals surface area contributed by atoms with Gasteiger partial charge in [0.2, 0.25) is 0 Å². The third-order valence-electron chi connectivity index (χ3n) is 5.74. The number of ether oxygens (including phenoxy) is 3. The van der Waals surface area contributed by atoms with Gasteiger partial charge in [-0.2, -0.15) is 0 Å². The van der Waals surface area contributed by atoms with Gasteiger partial charge in [-0.15, -0.1) is 13.2 Å². The van der Waals surface area contributed by atoms with E-state index in [1.54, 1.807) is 29.7 Å². The predicted molar refractivity (Wildman–Crippen MR) is 134 cm³/mol. The van der Waals surface area contributed by atoms with Crippen molar-refractivity contribution in [1.29, 1.82) is 0 Å². The maximum atomic E-state index is 13.0. The van der Waals surface area contributed by atoms with Gasteiger partial charge in [-0.05, 0) is 56.3 Å². The van der Waals surface area contributed by atoms with Gasteiger partial charge in [0, 0.05) is 22.5 Å². The zero-order valence-corrected chi connectivity index (χ0v) is 21.5. The summed E-state index contributed by atoms with van der Waals surface area (Å²) in [5.41, 5.74) is 1.30. The SMILES string of the molecule is Cc1c(Oc2ccc(Cl)c(O[C@H](C)C(=O)[O-])c2)c2cc(OC(F)(F)F)ccc2n1-c1noc2cc(Cl)ccc12. The maximum absolute atomic E-state index is 13.0. The molecule has 1 atom stereocenters. The fraction of sp³-hybridized carbons (Fsp3) is 0.154. The van der Waals surface area contributed by atoms with Gasteiger partial charge in [-0.1, -0.05) is 28.4 Å². The van der Waals surface area contributed by atoms with E-state index in [0.29, 0.717) is 33.0 Å². The molecule has 8 nitrogen and oxygen atoms in total. The number of hydrogen-bond donors (Lipinski definition) is 0. The zero-order valence-electron chi connectivity index (χ0n) is 20.0. The standard InChI is InChI=1S/C26H17Cl2F3N2O6/c1-12-23(37-15-4-7-19(28)22(11-15)36-13(2)25(34)35)18-10-16(38-26(29,30)31)5-8-20(18)33(12)24-17-6-3-14(27)9-21(17)39-32-24/h3-11,13H,1-2H3,(H,34,35)/p-1/t13-/m1/s1. The van der Waals surface area contributed by atoms with Gasteiger partial charge in [-0.25, -0.2) is 0 Å². The molecule has 0 aliphatic rings. The molecule has 0 N–H and O–H groups in total. The first-order chi connectivity index (χ1) is 18.4. The van der Waals surface area contributed by atoms with E-state index in [9.17, 15) is 23.1 Å². The molecular weight excluding hydrogens is 564 g/mol. The van der Waals surface area contributed by atoms with Gasteiger partial charge in [0.15, 0.2) is 17.2 Å². The lowest BCUT2D eigenvalue weighted by atomic mass is 10.2. The van der Waals surface area contributed by atoms with E-state index < -0.39 is 24.2 Å². The van der Waals surface area contributed by atoms with Gasteiger partial charge in [0.1, 0.15) is 23.4 Å². The minimum Gasteiger partial charge on any atom is -0.546 e. The summed E-state index contributed by atoms with van der Waals surface area (Å²) in [7, 11) is 0. The normalized spacial score (nSPS) is 12.6. The Morgan fingerprint density at radius 3 is 2.51 bits per heavy atom. The Morgan fingerprint density at radius 2 is 1.79 bits per heavy atom. The fourth-order valence-corrected chi connectivity index (χ4v) is 4.35. The zero-order chi connectivity index (χ0) is 28.1. The van der Waals surface area contributed by atoms with Gasteiger partial charge < -0.3 is 28.6 Å². The summed E-state index contributed by atoms with van der Waals surface area (Å²) in [6.45, 7) is 2.95. The van der Waals surface area contributed by atoms with Crippen molar-refractivity contribution in [2.75, 3.05) is 0 Å². The van der Waals surface area contributed by atoms with Crippen LogP contribution in [0.1, 0.15) is 12.6 Å². The van der Waals surface area contributed by atoms with Crippen LogP contribution >= 0.6 is 23.2 Å². The lowest BCUT2D eigenvalue weighted by molar-refractivity contribution is -0.312. The molecule has 0 saturated carbocycles. The quantitative estimate of drug-likeness (QED) is 0.214. The topological polar surface area (TPSA) is 98.8 Å². The number of fused-ring (bicyclic) bond motifs is 2. The summed E-state index contributed by atoms with van der Waals surface area (Å²) in [5, 5.41) is 16.7. The highest BCUT2D eigenvalue weighted by Crippen LogP contribution is 2.42. The summed E-state index contributed by atoms with van der Waals surface area (Å²) in [6, 6.07) is 13.0. The van der Waals surface area contributed by atoms with Crippen molar-refractivity contribution in [2.45, 2.75) is 26.3 Å². The first kappa shape index (κ1) is 26.5. The first-order valence-corrected chi connectivity index (χ1v) is 12.0. The minimum absolute atomic E-state index is 0.00715. The number of halogens is 5. The summed E-state index contributed by atoms with van der Waals surface area (Å²) in [4.78, 5) is 11.1. The van der Waals surface area contributed by atoms with Crippen molar-refractivity contribution in [3.8, 4) is 28.8 Å². The molecule has 5 rings (SSSR count). The molecule has 0 saturated heterocycles. The largest absolute Gasteiger partial charge is 0.573 e. The Morgan fingerprint density at radius 1 is 1.05 bits per heavy atom. The number of carboxylic acids is 1. The molecule has 3 aromatic carbocycles. The van der Waals surface area contributed by atoms with Crippen LogP contribution in [0.4, 0.5) is 13.2 Å². The number of nitrogens with zero attached hydrogens (tertiary/aromatic N) is 2. The van der Waals surface area contributed by atoms with Crippen LogP contribution < -0.4 is 19.3 Å². The van der Waals surface area contributed by atoms with Gasteiger partial charge in [0.25, 0.3) is 0 Å². The number of aliphatic carboxylic acids is 1. The number of alkyl halides is 3. The fourth-order valence-electron chi connectivity index (χ4n) is 4.02. The van der Waals surface area contributed by atoms with Crippen LogP contribution in [-0.2, 0) is 4.79 Å². The minimum atomic E-state index is -4.91. The monoisotopic (exact) mass is 579 g/mol. The number of benzene rings is 3. The molecule has 39 heavy (non-hydrogen) atoms. The van der Waals surface area contributed by atoms with E-state index in [2.05, 4.69) is 9.89 Å². The molecule has 5 aromatic rings. The molecule has 2 heterocycles. The Bertz CT molecular complexity index is 1730. The third kappa shape index (κ3) is 5.27. The average molecular weight is 580 g/mol. The number of carbonyl (C=O) groups is 1. The van der Waals surface area contributed by atoms with Crippen molar-refractivity contribution in [3.63, 3.8) is 0 Å². The molecule has 202 valence electrons. The number of carboxylic acid groups (broad SMARTS) is 1. The van der Waals surface area contributed by atoms with Crippen LogP contribution in [0.15, 0.2) is 59.1 Å². The summed E-state index contributed by atoms with van der Waals surface area (Å²) < 4.78 is 61.6. The van der Waals surface area contributed by atoms with Gasteiger partial charge >= 0.3 is 6.36 Å². The number of carbonyl (C=O) groups excluding carboxylic acids is 1. The first-order valence-electron chi connectivity index (χ1n) is 11.2. The van der Waals surface area contributed by atoms with E-state index in [-0.39, 0.29) is 27.7 Å². The molecule has 0 amide bonds. The summed E-state index contributed by atoms with van der Waals surface area (Å²) >= 11 is 12.2. The van der Waals surface area contributed by atoms with E-state index in [1.165, 1.54) is 43.3 Å². The predicted octanol–water partition coefficient (Wildman–Crippen LogP) is 6.60. The second-order valence-corrected chi connectivity index (χ2v) is 9.24. The maximum Gasteiger partial charge on any atom is 0.573 e. The average Bonchev–Trinajstić information content (AvgIpc) is 3.37. The molecule has 0 fully saturated rings. The van der Waals surface area contributed by atoms with Crippen LogP contribution in [-0.4, -0.2) is 28.2 Å². The van der Waals surface area contributed by atoms with Crippen LogP contribution in [0.5, 0.6) is 23.0 Å². The van der Waals surface area contributed by atoms with Crippen molar-refractivity contribution < 1.29 is 41.8 Å². The Hall–Kier alpha value is -4.09. The van der Waals surface area contributed by atoms with Crippen LogP contribution in [0.3, 0.4) is 0 Å². The van der Waals surface area contributed by atoms with Gasteiger partial charge in [-0.3, -0.25) is 4.57 Å². The Kier molecular flexibility index (Phi) is 6.73. The molecular formula is C26H16Cl2F3N2O6-. The molecule has 13 heteroatoms. The smallest absolute Gasteiger partial charge is 0.546 e. The molecule has 0 bridgehead atoms. The second-order valence-electron chi connectivity index (χ2n) is 8.40. The lowest BCUT2D eigenvalue weighted by Gasteiger charge is -2.17. The van der Waals surface area contributed by atoms with Gasteiger partial charge in [0.05, 0.1) is 27.6 Å². The van der Waals surface area contributed by atoms with Crippen molar-refractivity contribution in [3.05, 3.63) is 70.3 Å².